The van der Waals surface area contributed by atoms with Gasteiger partial charge in [0.1, 0.15) is 5.40 Å². The Morgan fingerprint density at radius 2 is 2.33 bits per heavy atom. The number of aldehydes is 1. The van der Waals surface area contributed by atoms with E-state index in [1.807, 2.05) is 5.40 Å². The summed E-state index contributed by atoms with van der Waals surface area (Å²) in [7, 11) is 0. The first kappa shape index (κ1) is 9.11. The summed E-state index contributed by atoms with van der Waals surface area (Å²) in [6.45, 7) is 0. The predicted octanol–water partition coefficient (Wildman–Crippen LogP) is 2.73. The monoisotopic (exact) mass is 197 g/mol. The fourth-order valence-electron chi connectivity index (χ4n) is 0.770. The average molecular weight is 198 g/mol. The first-order valence-corrected chi connectivity index (χ1v) is 4.28. The molecule has 0 aliphatic carbocycles. The molecule has 4 heteroatoms. The molecule has 0 aromatic heterocycles. The molecule has 0 aliphatic heterocycles. The van der Waals surface area contributed by atoms with Gasteiger partial charge < -0.3 is 0 Å². The molecule has 0 aliphatic rings. The van der Waals surface area contributed by atoms with Crippen molar-refractivity contribution in [1.82, 2.24) is 0 Å². The third-order valence-corrected chi connectivity index (χ3v) is 2.28. The van der Waals surface area contributed by atoms with E-state index >= 15 is 0 Å². The summed E-state index contributed by atoms with van der Waals surface area (Å²) in [4.78, 5) is 11.1. The number of hydrogen-bond acceptors (Lipinski definition) is 3. The molecule has 60 valence electrons. The minimum absolute atomic E-state index is 0.380. The van der Waals surface area contributed by atoms with Gasteiger partial charge in [-0.15, -0.1) is 0 Å². The second-order valence-corrected chi connectivity index (χ2v) is 3.20. The Bertz CT molecular complexity index is 345. The zero-order valence-corrected chi connectivity index (χ0v) is 7.52. The largest absolute Gasteiger partial charge is 0.298 e. The van der Waals surface area contributed by atoms with Crippen molar-refractivity contribution in [2.24, 2.45) is 0 Å². The van der Waals surface area contributed by atoms with Crippen molar-refractivity contribution in [2.75, 3.05) is 0 Å². The Morgan fingerprint density at radius 3 is 2.92 bits per heavy atom. The van der Waals surface area contributed by atoms with Crippen molar-refractivity contribution in [3.63, 3.8) is 0 Å². The molecule has 0 spiro atoms. The van der Waals surface area contributed by atoms with Crippen LogP contribution in [-0.2, 0) is 0 Å². The van der Waals surface area contributed by atoms with Crippen LogP contribution in [0.5, 0.6) is 0 Å². The lowest BCUT2D eigenvalue weighted by Gasteiger charge is -1.99. The van der Waals surface area contributed by atoms with Crippen LogP contribution in [0.3, 0.4) is 0 Å². The van der Waals surface area contributed by atoms with Crippen LogP contribution in [0.1, 0.15) is 10.4 Å². The first-order valence-electron chi connectivity index (χ1n) is 3.09. The van der Waals surface area contributed by atoms with Gasteiger partial charge in [0.2, 0.25) is 0 Å². The predicted molar refractivity (Wildman–Crippen MR) is 48.3 cm³/mol. The van der Waals surface area contributed by atoms with Gasteiger partial charge in [-0.05, 0) is 23.9 Å². The summed E-state index contributed by atoms with van der Waals surface area (Å²) in [5.41, 5.74) is 0.380. The second kappa shape index (κ2) is 4.15. The summed E-state index contributed by atoms with van der Waals surface area (Å²) >= 11 is 6.64. The first-order chi connectivity index (χ1) is 5.79. The number of nitriles is 1. The van der Waals surface area contributed by atoms with Crippen LogP contribution < -0.4 is 0 Å². The maximum absolute atomic E-state index is 10.5. The number of hydrogen-bond donors (Lipinski definition) is 0. The molecular formula is C8H4ClNOS. The quantitative estimate of drug-likeness (QED) is 0.416. The summed E-state index contributed by atoms with van der Waals surface area (Å²) < 4.78 is 0. The Morgan fingerprint density at radius 1 is 1.58 bits per heavy atom. The molecule has 0 N–H and O–H groups in total. The molecule has 0 heterocycles. The van der Waals surface area contributed by atoms with E-state index in [-0.39, 0.29) is 0 Å². The van der Waals surface area contributed by atoms with Gasteiger partial charge in [0.15, 0.2) is 6.29 Å². The Balaban J connectivity index is 3.19. The highest BCUT2D eigenvalue weighted by atomic mass is 35.5. The molecule has 12 heavy (non-hydrogen) atoms. The van der Waals surface area contributed by atoms with Crippen molar-refractivity contribution in [3.05, 3.63) is 28.8 Å². The van der Waals surface area contributed by atoms with Gasteiger partial charge in [-0.2, -0.15) is 5.26 Å². The number of halogens is 1. The van der Waals surface area contributed by atoms with Gasteiger partial charge in [0.05, 0.1) is 5.02 Å². The maximum Gasteiger partial charge on any atom is 0.152 e. The molecule has 2 nitrogen and oxygen atoms in total. The van der Waals surface area contributed by atoms with Crippen LogP contribution in [0.15, 0.2) is 23.1 Å². The average Bonchev–Trinajstić information content (AvgIpc) is 2.05. The number of benzene rings is 1. The second-order valence-electron chi connectivity index (χ2n) is 1.96. The van der Waals surface area contributed by atoms with Gasteiger partial charge in [-0.25, -0.2) is 0 Å². The van der Waals surface area contributed by atoms with E-state index in [1.54, 1.807) is 18.2 Å². The molecule has 1 aromatic rings. The fraction of sp³-hybridized carbons (Fsp3) is 0. The van der Waals surface area contributed by atoms with Crippen molar-refractivity contribution in [1.29, 1.82) is 5.26 Å². The third-order valence-electron chi connectivity index (χ3n) is 1.29. The number of carbonyl (C=O) groups is 1. The molecule has 0 saturated carbocycles. The standard InChI is InChI=1S/C8H4ClNOS/c9-7-2-1-3-8(12-5-10)6(7)4-11/h1-4H. The highest BCUT2D eigenvalue weighted by Crippen LogP contribution is 2.25. The van der Waals surface area contributed by atoms with Crippen LogP contribution >= 0.6 is 23.4 Å². The molecule has 0 radical (unpaired) electrons. The van der Waals surface area contributed by atoms with E-state index in [4.69, 9.17) is 16.9 Å². The van der Waals surface area contributed by atoms with Gasteiger partial charge in [-0.1, -0.05) is 17.7 Å². The van der Waals surface area contributed by atoms with Crippen molar-refractivity contribution < 1.29 is 4.79 Å². The number of rotatable bonds is 2. The molecule has 1 aromatic carbocycles. The molecule has 0 unspecified atom stereocenters. The number of thioether (sulfide) groups is 1. The van der Waals surface area contributed by atoms with Crippen LogP contribution in [0.25, 0.3) is 0 Å². The van der Waals surface area contributed by atoms with E-state index in [9.17, 15) is 4.79 Å². The van der Waals surface area contributed by atoms with E-state index in [1.165, 1.54) is 0 Å². The summed E-state index contributed by atoms with van der Waals surface area (Å²) in [5.74, 6) is 0. The highest BCUT2D eigenvalue weighted by molar-refractivity contribution is 8.03. The van der Waals surface area contributed by atoms with Crippen LogP contribution in [0.2, 0.25) is 5.02 Å². The number of nitrogens with zero attached hydrogens (tertiary/aromatic N) is 1. The molecule has 0 bridgehead atoms. The summed E-state index contributed by atoms with van der Waals surface area (Å²) in [5, 5.41) is 10.6. The molecule has 1 rings (SSSR count). The number of carbonyl (C=O) groups excluding carboxylic acids is 1. The zero-order chi connectivity index (χ0) is 8.97. The number of thiocyanates is 1. The Labute approximate surface area is 79.1 Å². The SMILES string of the molecule is N#CSc1cccc(Cl)c1C=O. The van der Waals surface area contributed by atoms with Gasteiger partial charge >= 0.3 is 0 Å². The molecule has 0 atom stereocenters. The topological polar surface area (TPSA) is 40.9 Å². The van der Waals surface area contributed by atoms with Crippen LogP contribution in [0.4, 0.5) is 0 Å². The highest BCUT2D eigenvalue weighted by Gasteiger charge is 2.05. The lowest BCUT2D eigenvalue weighted by Crippen LogP contribution is -1.84. The maximum atomic E-state index is 10.5. The van der Waals surface area contributed by atoms with Gasteiger partial charge in [-0.3, -0.25) is 4.79 Å². The fourth-order valence-corrected chi connectivity index (χ4v) is 1.56. The van der Waals surface area contributed by atoms with E-state index in [0.29, 0.717) is 21.8 Å². The molecular weight excluding hydrogens is 194 g/mol. The van der Waals surface area contributed by atoms with Gasteiger partial charge in [0.25, 0.3) is 0 Å². The summed E-state index contributed by atoms with van der Waals surface area (Å²) in [6.07, 6.45) is 0.655. The lowest BCUT2D eigenvalue weighted by atomic mass is 10.2. The smallest absolute Gasteiger partial charge is 0.152 e. The minimum atomic E-state index is 0.380. The van der Waals surface area contributed by atoms with Crippen molar-refractivity contribution in [2.45, 2.75) is 4.90 Å². The Hall–Kier alpha value is -0.980. The van der Waals surface area contributed by atoms with E-state index in [2.05, 4.69) is 0 Å². The summed E-state index contributed by atoms with van der Waals surface area (Å²) in [6, 6.07) is 5.01. The third kappa shape index (κ3) is 1.79. The van der Waals surface area contributed by atoms with Crippen LogP contribution in [-0.4, -0.2) is 6.29 Å². The van der Waals surface area contributed by atoms with Crippen molar-refractivity contribution >= 4 is 29.6 Å². The zero-order valence-electron chi connectivity index (χ0n) is 5.95. The molecule has 0 amide bonds. The van der Waals surface area contributed by atoms with Crippen molar-refractivity contribution in [3.8, 4) is 5.40 Å². The molecule has 0 fully saturated rings. The van der Waals surface area contributed by atoms with Crippen LogP contribution in [0, 0.1) is 10.7 Å². The van der Waals surface area contributed by atoms with Gasteiger partial charge in [0, 0.05) is 10.5 Å². The Kier molecular flexibility index (Phi) is 3.15. The molecule has 0 saturated heterocycles. The lowest BCUT2D eigenvalue weighted by molar-refractivity contribution is 0.112. The van der Waals surface area contributed by atoms with E-state index < -0.39 is 0 Å². The normalized spacial score (nSPS) is 9.00. The van der Waals surface area contributed by atoms with E-state index in [0.717, 1.165) is 11.8 Å². The minimum Gasteiger partial charge on any atom is -0.298 e.